The number of rotatable bonds is 7. The van der Waals surface area contributed by atoms with Crippen LogP contribution in [0, 0.1) is 0 Å². The summed E-state index contributed by atoms with van der Waals surface area (Å²) in [6, 6.07) is 7.92. The molecule has 1 atom stereocenters. The van der Waals surface area contributed by atoms with Crippen molar-refractivity contribution < 1.29 is 9.47 Å². The lowest BCUT2D eigenvalue weighted by molar-refractivity contribution is 0.0611. The first kappa shape index (κ1) is 15.0. The molecule has 0 aliphatic carbocycles. The van der Waals surface area contributed by atoms with E-state index in [1.807, 2.05) is 52.0 Å². The highest BCUT2D eigenvalue weighted by atomic mass is 16.5. The van der Waals surface area contributed by atoms with Crippen molar-refractivity contribution >= 4 is 0 Å². The standard InChI is InChI=1S/C14H24N2O2/c1-10(2)17-9-14(16-15)12-5-7-13(8-6-12)18-11(3)4/h5-8,10-11,14,16H,9,15H2,1-4H3. The molecule has 0 radical (unpaired) electrons. The largest absolute Gasteiger partial charge is 0.491 e. The average molecular weight is 252 g/mol. The van der Waals surface area contributed by atoms with Gasteiger partial charge in [0.25, 0.3) is 0 Å². The summed E-state index contributed by atoms with van der Waals surface area (Å²) in [6.45, 7) is 8.59. The Balaban J connectivity index is 2.63. The van der Waals surface area contributed by atoms with E-state index in [1.54, 1.807) is 0 Å². The van der Waals surface area contributed by atoms with Crippen molar-refractivity contribution in [2.45, 2.75) is 45.9 Å². The van der Waals surface area contributed by atoms with Crippen molar-refractivity contribution in [3.63, 3.8) is 0 Å². The van der Waals surface area contributed by atoms with Crippen LogP contribution in [0.1, 0.15) is 39.3 Å². The molecule has 4 nitrogen and oxygen atoms in total. The predicted molar refractivity (Wildman–Crippen MR) is 73.4 cm³/mol. The summed E-state index contributed by atoms with van der Waals surface area (Å²) >= 11 is 0. The second-order valence-electron chi connectivity index (χ2n) is 4.84. The van der Waals surface area contributed by atoms with Gasteiger partial charge in [-0.3, -0.25) is 11.3 Å². The molecule has 0 saturated carbocycles. The zero-order valence-electron chi connectivity index (χ0n) is 11.6. The van der Waals surface area contributed by atoms with E-state index >= 15 is 0 Å². The number of hydrogen-bond acceptors (Lipinski definition) is 4. The summed E-state index contributed by atoms with van der Waals surface area (Å²) in [5.41, 5.74) is 3.86. The fourth-order valence-electron chi connectivity index (χ4n) is 1.58. The van der Waals surface area contributed by atoms with Crippen LogP contribution in [-0.4, -0.2) is 18.8 Å². The minimum absolute atomic E-state index is 0.000463. The van der Waals surface area contributed by atoms with Crippen molar-refractivity contribution in [1.82, 2.24) is 5.43 Å². The van der Waals surface area contributed by atoms with E-state index in [4.69, 9.17) is 15.3 Å². The highest BCUT2D eigenvalue weighted by Gasteiger charge is 2.11. The van der Waals surface area contributed by atoms with Crippen molar-refractivity contribution in [3.8, 4) is 5.75 Å². The molecule has 18 heavy (non-hydrogen) atoms. The van der Waals surface area contributed by atoms with Crippen molar-refractivity contribution in [2.75, 3.05) is 6.61 Å². The van der Waals surface area contributed by atoms with Crippen LogP contribution in [-0.2, 0) is 4.74 Å². The summed E-state index contributed by atoms with van der Waals surface area (Å²) in [7, 11) is 0. The Morgan fingerprint density at radius 1 is 1.06 bits per heavy atom. The molecular formula is C14H24N2O2. The summed E-state index contributed by atoms with van der Waals surface area (Å²) in [4.78, 5) is 0. The summed E-state index contributed by atoms with van der Waals surface area (Å²) in [6.07, 6.45) is 0.382. The van der Waals surface area contributed by atoms with E-state index in [1.165, 1.54) is 0 Å². The number of nitrogens with two attached hydrogens (primary N) is 1. The van der Waals surface area contributed by atoms with Crippen LogP contribution in [0.15, 0.2) is 24.3 Å². The van der Waals surface area contributed by atoms with Gasteiger partial charge in [0, 0.05) is 0 Å². The maximum Gasteiger partial charge on any atom is 0.119 e. The van der Waals surface area contributed by atoms with Crippen molar-refractivity contribution in [1.29, 1.82) is 0 Å². The zero-order valence-corrected chi connectivity index (χ0v) is 11.6. The van der Waals surface area contributed by atoms with Crippen molar-refractivity contribution in [3.05, 3.63) is 29.8 Å². The van der Waals surface area contributed by atoms with E-state index in [9.17, 15) is 0 Å². The molecule has 0 aliphatic rings. The lowest BCUT2D eigenvalue weighted by Crippen LogP contribution is -2.32. The Bertz CT molecular complexity index is 336. The van der Waals surface area contributed by atoms with E-state index < -0.39 is 0 Å². The normalized spacial score (nSPS) is 13.1. The molecule has 0 bridgehead atoms. The molecule has 0 spiro atoms. The molecule has 3 N–H and O–H groups in total. The molecule has 0 saturated heterocycles. The smallest absolute Gasteiger partial charge is 0.119 e. The lowest BCUT2D eigenvalue weighted by Gasteiger charge is -2.18. The van der Waals surface area contributed by atoms with Gasteiger partial charge < -0.3 is 9.47 Å². The van der Waals surface area contributed by atoms with E-state index in [-0.39, 0.29) is 18.2 Å². The highest BCUT2D eigenvalue weighted by molar-refractivity contribution is 5.29. The van der Waals surface area contributed by atoms with Gasteiger partial charge in [0.15, 0.2) is 0 Å². The minimum atomic E-state index is 0.000463. The zero-order chi connectivity index (χ0) is 13.5. The maximum absolute atomic E-state index is 5.60. The number of hydrazine groups is 1. The number of benzene rings is 1. The third-order valence-corrected chi connectivity index (χ3v) is 2.45. The Morgan fingerprint density at radius 3 is 2.11 bits per heavy atom. The molecular weight excluding hydrogens is 228 g/mol. The van der Waals surface area contributed by atoms with E-state index in [0.717, 1.165) is 11.3 Å². The number of ether oxygens (including phenoxy) is 2. The second-order valence-corrected chi connectivity index (χ2v) is 4.84. The van der Waals surface area contributed by atoms with Gasteiger partial charge in [-0.15, -0.1) is 0 Å². The lowest BCUT2D eigenvalue weighted by atomic mass is 10.1. The third kappa shape index (κ3) is 5.04. The van der Waals surface area contributed by atoms with Gasteiger partial charge in [0.1, 0.15) is 5.75 Å². The molecule has 1 aromatic rings. The van der Waals surface area contributed by atoms with Crippen LogP contribution in [0.5, 0.6) is 5.75 Å². The number of hydrogen-bond donors (Lipinski definition) is 2. The summed E-state index contributed by atoms with van der Waals surface area (Å²) in [5.74, 6) is 6.42. The quantitative estimate of drug-likeness (QED) is 0.578. The first-order valence-corrected chi connectivity index (χ1v) is 6.37. The minimum Gasteiger partial charge on any atom is -0.491 e. The van der Waals surface area contributed by atoms with Gasteiger partial charge in [-0.2, -0.15) is 0 Å². The Labute approximate surface area is 109 Å². The topological polar surface area (TPSA) is 56.5 Å². The van der Waals surface area contributed by atoms with Gasteiger partial charge in [-0.05, 0) is 45.4 Å². The molecule has 1 unspecified atom stereocenters. The molecule has 4 heteroatoms. The summed E-state index contributed by atoms with van der Waals surface area (Å²) < 4.78 is 11.2. The molecule has 1 rings (SSSR count). The van der Waals surface area contributed by atoms with E-state index in [2.05, 4.69) is 5.43 Å². The van der Waals surface area contributed by atoms with Crippen LogP contribution in [0.25, 0.3) is 0 Å². The van der Waals surface area contributed by atoms with Crippen LogP contribution >= 0.6 is 0 Å². The van der Waals surface area contributed by atoms with Gasteiger partial charge in [-0.25, -0.2) is 0 Å². The number of nitrogens with one attached hydrogen (secondary N) is 1. The molecule has 0 aromatic heterocycles. The summed E-state index contributed by atoms with van der Waals surface area (Å²) in [5, 5.41) is 0. The fourth-order valence-corrected chi connectivity index (χ4v) is 1.58. The van der Waals surface area contributed by atoms with Gasteiger partial charge in [-0.1, -0.05) is 12.1 Å². The van der Waals surface area contributed by atoms with Crippen LogP contribution in [0.2, 0.25) is 0 Å². The SMILES string of the molecule is CC(C)OCC(NN)c1ccc(OC(C)C)cc1. The highest BCUT2D eigenvalue weighted by Crippen LogP contribution is 2.19. The molecule has 102 valence electrons. The molecule has 0 fully saturated rings. The van der Waals surface area contributed by atoms with Crippen molar-refractivity contribution in [2.24, 2.45) is 5.84 Å². The van der Waals surface area contributed by atoms with E-state index in [0.29, 0.717) is 6.61 Å². The predicted octanol–water partition coefficient (Wildman–Crippen LogP) is 2.40. The molecule has 0 heterocycles. The molecule has 0 aliphatic heterocycles. The average Bonchev–Trinajstić information content (AvgIpc) is 2.31. The fraction of sp³-hybridized carbons (Fsp3) is 0.571. The van der Waals surface area contributed by atoms with Gasteiger partial charge in [0.2, 0.25) is 0 Å². The second kappa shape index (κ2) is 7.36. The van der Waals surface area contributed by atoms with Crippen LogP contribution < -0.4 is 16.0 Å². The maximum atomic E-state index is 5.60. The van der Waals surface area contributed by atoms with Crippen LogP contribution in [0.4, 0.5) is 0 Å². The molecule has 1 aromatic carbocycles. The van der Waals surface area contributed by atoms with Gasteiger partial charge >= 0.3 is 0 Å². The Hall–Kier alpha value is -1.10. The molecule has 0 amide bonds. The van der Waals surface area contributed by atoms with Crippen LogP contribution in [0.3, 0.4) is 0 Å². The first-order chi connectivity index (χ1) is 8.52. The Morgan fingerprint density at radius 2 is 1.67 bits per heavy atom. The monoisotopic (exact) mass is 252 g/mol. The Kier molecular flexibility index (Phi) is 6.12. The third-order valence-electron chi connectivity index (χ3n) is 2.45. The van der Waals surface area contributed by atoms with Gasteiger partial charge in [0.05, 0.1) is 24.9 Å². The first-order valence-electron chi connectivity index (χ1n) is 6.37.